The lowest BCUT2D eigenvalue weighted by Crippen LogP contribution is -2.54. The monoisotopic (exact) mass is 283 g/mol. The van der Waals surface area contributed by atoms with E-state index in [9.17, 15) is 14.7 Å². The molecule has 2 saturated heterocycles. The lowest BCUT2D eigenvalue weighted by molar-refractivity contribution is -0.147. The molecule has 0 radical (unpaired) electrons. The van der Waals surface area contributed by atoms with E-state index in [-0.39, 0.29) is 12.0 Å². The molecule has 2 aliphatic rings. The molecular formula is C14H21NO5. The molecular weight excluding hydrogens is 262 g/mol. The Kier molecular flexibility index (Phi) is 4.65. The van der Waals surface area contributed by atoms with Crippen LogP contribution in [0.1, 0.15) is 25.7 Å². The molecule has 1 unspecified atom stereocenters. The number of ether oxygens (including phenoxy) is 2. The minimum Gasteiger partial charge on any atom is -0.480 e. The van der Waals surface area contributed by atoms with Crippen molar-refractivity contribution in [1.82, 2.24) is 4.90 Å². The number of rotatable bonds is 3. The van der Waals surface area contributed by atoms with Crippen LogP contribution in [-0.4, -0.2) is 54.5 Å². The maximum atomic E-state index is 11.9. The highest BCUT2D eigenvalue weighted by Crippen LogP contribution is 2.43. The smallest absolute Gasteiger partial charge is 0.410 e. The van der Waals surface area contributed by atoms with Gasteiger partial charge in [-0.3, -0.25) is 4.90 Å². The number of carboxylic acid groups (broad SMARTS) is 1. The molecule has 1 amide bonds. The molecule has 20 heavy (non-hydrogen) atoms. The zero-order valence-corrected chi connectivity index (χ0v) is 11.5. The molecule has 0 aromatic heterocycles. The third kappa shape index (κ3) is 3.12. The van der Waals surface area contributed by atoms with Gasteiger partial charge in [-0.2, -0.15) is 0 Å². The van der Waals surface area contributed by atoms with Crippen molar-refractivity contribution in [2.75, 3.05) is 26.4 Å². The topological polar surface area (TPSA) is 76.1 Å². The van der Waals surface area contributed by atoms with Gasteiger partial charge in [-0.05, 0) is 31.1 Å². The number of likely N-dealkylation sites (tertiary alicyclic amines) is 1. The fourth-order valence-corrected chi connectivity index (χ4v) is 3.05. The third-order valence-corrected chi connectivity index (χ3v) is 4.28. The van der Waals surface area contributed by atoms with Crippen LogP contribution in [0.5, 0.6) is 0 Å². The first-order valence-corrected chi connectivity index (χ1v) is 6.93. The van der Waals surface area contributed by atoms with Crippen molar-refractivity contribution >= 4 is 12.1 Å². The Bertz CT molecular complexity index is 389. The van der Waals surface area contributed by atoms with Crippen molar-refractivity contribution in [3.05, 3.63) is 12.7 Å². The van der Waals surface area contributed by atoms with E-state index in [0.29, 0.717) is 26.2 Å². The van der Waals surface area contributed by atoms with E-state index in [2.05, 4.69) is 6.58 Å². The number of carboxylic acids is 1. The van der Waals surface area contributed by atoms with Gasteiger partial charge in [-0.15, -0.1) is 0 Å². The first kappa shape index (κ1) is 14.8. The van der Waals surface area contributed by atoms with Gasteiger partial charge in [0, 0.05) is 19.8 Å². The fourth-order valence-electron chi connectivity index (χ4n) is 3.05. The second-order valence-corrected chi connectivity index (χ2v) is 5.48. The van der Waals surface area contributed by atoms with Gasteiger partial charge in [-0.1, -0.05) is 12.7 Å². The molecule has 1 N–H and O–H groups in total. The minimum atomic E-state index is -0.967. The predicted octanol–water partition coefficient (Wildman–Crippen LogP) is 1.65. The number of hydrogen-bond acceptors (Lipinski definition) is 4. The van der Waals surface area contributed by atoms with Crippen molar-refractivity contribution in [2.24, 2.45) is 5.41 Å². The molecule has 1 spiro atoms. The molecule has 112 valence electrons. The van der Waals surface area contributed by atoms with Gasteiger partial charge in [0.05, 0.1) is 0 Å². The van der Waals surface area contributed by atoms with Crippen LogP contribution in [-0.2, 0) is 14.3 Å². The molecule has 0 aliphatic carbocycles. The standard InChI is InChI=1S/C14H21NO5/c1-2-7-20-13(18)15-6-3-14(4-8-19-9-5-14)10-11(15)12(16)17/h2,11H,1,3-10H2,(H,16,17). The zero-order valence-electron chi connectivity index (χ0n) is 11.5. The molecule has 0 aromatic rings. The summed E-state index contributed by atoms with van der Waals surface area (Å²) < 4.78 is 10.3. The quantitative estimate of drug-likeness (QED) is 0.797. The first-order chi connectivity index (χ1) is 9.58. The fraction of sp³-hybridized carbons (Fsp3) is 0.714. The van der Waals surface area contributed by atoms with Crippen LogP contribution >= 0.6 is 0 Å². The van der Waals surface area contributed by atoms with Crippen LogP contribution in [0.2, 0.25) is 0 Å². The minimum absolute atomic E-state index is 0.00345. The summed E-state index contributed by atoms with van der Waals surface area (Å²) in [6.45, 7) is 5.34. The summed E-state index contributed by atoms with van der Waals surface area (Å²) in [4.78, 5) is 24.7. The van der Waals surface area contributed by atoms with E-state index in [1.54, 1.807) is 0 Å². The Labute approximate surface area is 118 Å². The molecule has 1 atom stereocenters. The van der Waals surface area contributed by atoms with Gasteiger partial charge >= 0.3 is 12.1 Å². The van der Waals surface area contributed by atoms with Crippen LogP contribution < -0.4 is 0 Å². The van der Waals surface area contributed by atoms with Gasteiger partial charge in [0.15, 0.2) is 0 Å². The predicted molar refractivity (Wildman–Crippen MR) is 71.4 cm³/mol. The second kappa shape index (κ2) is 6.26. The highest BCUT2D eigenvalue weighted by molar-refractivity contribution is 5.80. The summed E-state index contributed by atoms with van der Waals surface area (Å²) >= 11 is 0. The molecule has 2 fully saturated rings. The Morgan fingerprint density at radius 2 is 2.10 bits per heavy atom. The molecule has 0 bridgehead atoms. The number of nitrogens with zero attached hydrogens (tertiary/aromatic N) is 1. The normalized spacial score (nSPS) is 25.2. The summed E-state index contributed by atoms with van der Waals surface area (Å²) in [7, 11) is 0. The molecule has 2 heterocycles. The number of amides is 1. The molecule has 6 nitrogen and oxygen atoms in total. The summed E-state index contributed by atoms with van der Waals surface area (Å²) in [5, 5.41) is 9.40. The Morgan fingerprint density at radius 3 is 2.70 bits per heavy atom. The molecule has 2 rings (SSSR count). The SMILES string of the molecule is C=CCOC(=O)N1CCC2(CCOCC2)CC1C(=O)O. The highest BCUT2D eigenvalue weighted by atomic mass is 16.6. The average molecular weight is 283 g/mol. The number of aliphatic carboxylic acids is 1. The maximum absolute atomic E-state index is 11.9. The van der Waals surface area contributed by atoms with E-state index in [0.717, 1.165) is 19.3 Å². The van der Waals surface area contributed by atoms with Gasteiger partial charge in [-0.25, -0.2) is 9.59 Å². The number of carbonyl (C=O) groups excluding carboxylic acids is 1. The molecule has 6 heteroatoms. The van der Waals surface area contributed by atoms with Crippen LogP contribution in [0.3, 0.4) is 0 Å². The zero-order chi connectivity index (χ0) is 14.6. The van der Waals surface area contributed by atoms with E-state index >= 15 is 0 Å². The Hall–Kier alpha value is -1.56. The number of hydrogen-bond donors (Lipinski definition) is 1. The van der Waals surface area contributed by atoms with E-state index < -0.39 is 18.1 Å². The van der Waals surface area contributed by atoms with Crippen molar-refractivity contribution < 1.29 is 24.2 Å². The van der Waals surface area contributed by atoms with Crippen molar-refractivity contribution in [1.29, 1.82) is 0 Å². The van der Waals surface area contributed by atoms with Crippen molar-refractivity contribution in [3.8, 4) is 0 Å². The second-order valence-electron chi connectivity index (χ2n) is 5.48. The van der Waals surface area contributed by atoms with Gasteiger partial charge in [0.2, 0.25) is 0 Å². The molecule has 0 aromatic carbocycles. The summed E-state index contributed by atoms with van der Waals surface area (Å²) in [5.74, 6) is -0.967. The maximum Gasteiger partial charge on any atom is 0.410 e. The van der Waals surface area contributed by atoms with E-state index in [4.69, 9.17) is 9.47 Å². The van der Waals surface area contributed by atoms with Gasteiger partial charge in [0.1, 0.15) is 12.6 Å². The highest BCUT2D eigenvalue weighted by Gasteiger charge is 2.45. The van der Waals surface area contributed by atoms with Crippen molar-refractivity contribution in [3.63, 3.8) is 0 Å². The van der Waals surface area contributed by atoms with E-state index in [1.165, 1.54) is 11.0 Å². The summed E-state index contributed by atoms with van der Waals surface area (Å²) in [6.07, 6.45) is 3.92. The Balaban J connectivity index is 2.06. The van der Waals surface area contributed by atoms with Crippen molar-refractivity contribution in [2.45, 2.75) is 31.7 Å². The van der Waals surface area contributed by atoms with Gasteiger partial charge < -0.3 is 14.6 Å². The van der Waals surface area contributed by atoms with E-state index in [1.807, 2.05) is 0 Å². The molecule has 0 saturated carbocycles. The van der Waals surface area contributed by atoms with Gasteiger partial charge in [0.25, 0.3) is 0 Å². The third-order valence-electron chi connectivity index (χ3n) is 4.28. The Morgan fingerprint density at radius 1 is 1.40 bits per heavy atom. The number of piperidine rings is 1. The van der Waals surface area contributed by atoms with Crippen LogP contribution in [0.25, 0.3) is 0 Å². The summed E-state index contributed by atoms with van der Waals surface area (Å²) in [6, 6.07) is -0.806. The average Bonchev–Trinajstić information content (AvgIpc) is 2.45. The lowest BCUT2D eigenvalue weighted by atomic mass is 9.70. The largest absolute Gasteiger partial charge is 0.480 e. The first-order valence-electron chi connectivity index (χ1n) is 6.93. The number of carbonyl (C=O) groups is 2. The van der Waals surface area contributed by atoms with Crippen LogP contribution in [0, 0.1) is 5.41 Å². The molecule has 2 aliphatic heterocycles. The summed E-state index contributed by atoms with van der Waals surface area (Å²) in [5.41, 5.74) is -0.00345. The lowest BCUT2D eigenvalue weighted by Gasteiger charge is -2.46. The van der Waals surface area contributed by atoms with Crippen LogP contribution in [0.15, 0.2) is 12.7 Å². The van der Waals surface area contributed by atoms with Crippen LogP contribution in [0.4, 0.5) is 4.79 Å².